The van der Waals surface area contributed by atoms with Crippen LogP contribution < -0.4 is 4.74 Å². The Labute approximate surface area is 123 Å². The van der Waals surface area contributed by atoms with Crippen LogP contribution in [0.2, 0.25) is 5.02 Å². The number of aryl methyl sites for hydroxylation is 2. The van der Waals surface area contributed by atoms with Gasteiger partial charge in [0, 0.05) is 17.3 Å². The Morgan fingerprint density at radius 3 is 2.70 bits per heavy atom. The van der Waals surface area contributed by atoms with E-state index in [1.54, 1.807) is 24.3 Å². The van der Waals surface area contributed by atoms with Crippen molar-refractivity contribution >= 4 is 17.4 Å². The minimum atomic E-state index is 0.0227. The van der Waals surface area contributed by atoms with E-state index in [9.17, 15) is 4.79 Å². The molecule has 0 fully saturated rings. The summed E-state index contributed by atoms with van der Waals surface area (Å²) in [6.45, 7) is 4.74. The van der Waals surface area contributed by atoms with Crippen molar-refractivity contribution in [2.45, 2.75) is 26.8 Å². The third-order valence-corrected chi connectivity index (χ3v) is 3.13. The Bertz CT molecular complexity index is 590. The molecule has 0 aliphatic heterocycles. The Morgan fingerprint density at radius 1 is 1.35 bits per heavy atom. The van der Waals surface area contributed by atoms with Crippen LogP contribution in [-0.2, 0) is 17.8 Å². The summed E-state index contributed by atoms with van der Waals surface area (Å²) in [5, 5.41) is 4.96. The highest BCUT2D eigenvalue weighted by molar-refractivity contribution is 6.30. The highest BCUT2D eigenvalue weighted by Gasteiger charge is 2.10. The normalized spacial score (nSPS) is 10.6. The standard InChI is InChI=1S/C15H17ClN2O2/c1-3-18-13(8-11(2)17-18)9-14(19)10-20-15-6-4-12(16)5-7-15/h4-8H,3,9-10H2,1-2H3. The van der Waals surface area contributed by atoms with Crippen LogP contribution in [0.1, 0.15) is 18.3 Å². The number of nitrogens with zero attached hydrogens (tertiary/aromatic N) is 2. The lowest BCUT2D eigenvalue weighted by Gasteiger charge is -2.06. The van der Waals surface area contributed by atoms with E-state index in [0.717, 1.165) is 17.9 Å². The molecular formula is C15H17ClN2O2. The SMILES string of the molecule is CCn1nc(C)cc1CC(=O)COc1ccc(Cl)cc1. The molecular weight excluding hydrogens is 276 g/mol. The second-order valence-corrected chi connectivity index (χ2v) is 4.99. The summed E-state index contributed by atoms with van der Waals surface area (Å²) < 4.78 is 7.28. The van der Waals surface area contributed by atoms with Crippen molar-refractivity contribution in [3.8, 4) is 5.75 Å². The monoisotopic (exact) mass is 292 g/mol. The molecule has 2 rings (SSSR count). The van der Waals surface area contributed by atoms with Crippen molar-refractivity contribution < 1.29 is 9.53 Å². The number of halogens is 1. The average Bonchev–Trinajstić information content (AvgIpc) is 2.78. The predicted molar refractivity (Wildman–Crippen MR) is 78.3 cm³/mol. The first-order valence-electron chi connectivity index (χ1n) is 6.52. The molecule has 4 nitrogen and oxygen atoms in total. The number of carbonyl (C=O) groups excluding carboxylic acids is 1. The van der Waals surface area contributed by atoms with Gasteiger partial charge >= 0.3 is 0 Å². The maximum Gasteiger partial charge on any atom is 0.176 e. The van der Waals surface area contributed by atoms with Gasteiger partial charge in [-0.2, -0.15) is 5.10 Å². The molecule has 0 spiro atoms. The predicted octanol–water partition coefficient (Wildman–Crippen LogP) is 3.06. The number of rotatable bonds is 6. The Kier molecular flexibility index (Phi) is 4.79. The van der Waals surface area contributed by atoms with E-state index in [4.69, 9.17) is 16.3 Å². The summed E-state index contributed by atoms with van der Waals surface area (Å²) in [6, 6.07) is 8.89. The summed E-state index contributed by atoms with van der Waals surface area (Å²) >= 11 is 5.79. The van der Waals surface area contributed by atoms with Crippen molar-refractivity contribution in [1.29, 1.82) is 0 Å². The zero-order chi connectivity index (χ0) is 14.5. The molecule has 106 valence electrons. The first kappa shape index (κ1) is 14.6. The lowest BCUT2D eigenvalue weighted by molar-refractivity contribution is -0.120. The Hall–Kier alpha value is -1.81. The van der Waals surface area contributed by atoms with Gasteiger partial charge in [-0.05, 0) is 44.2 Å². The van der Waals surface area contributed by atoms with Crippen LogP contribution in [0.5, 0.6) is 5.75 Å². The second-order valence-electron chi connectivity index (χ2n) is 4.55. The molecule has 0 bridgehead atoms. The molecule has 1 aromatic heterocycles. The van der Waals surface area contributed by atoms with E-state index in [0.29, 0.717) is 17.2 Å². The van der Waals surface area contributed by atoms with Crippen LogP contribution in [0.15, 0.2) is 30.3 Å². The van der Waals surface area contributed by atoms with Crippen molar-refractivity contribution in [2.24, 2.45) is 0 Å². The second kappa shape index (κ2) is 6.57. The van der Waals surface area contributed by atoms with Crippen LogP contribution in [0.3, 0.4) is 0 Å². The van der Waals surface area contributed by atoms with E-state index >= 15 is 0 Å². The molecule has 0 amide bonds. The first-order chi connectivity index (χ1) is 9.58. The van der Waals surface area contributed by atoms with Crippen molar-refractivity contribution in [3.63, 3.8) is 0 Å². The van der Waals surface area contributed by atoms with Crippen LogP contribution >= 0.6 is 11.6 Å². The van der Waals surface area contributed by atoms with Gasteiger partial charge in [0.2, 0.25) is 0 Å². The molecule has 0 aliphatic rings. The fraction of sp³-hybridized carbons (Fsp3) is 0.333. The Balaban J connectivity index is 1.90. The van der Waals surface area contributed by atoms with Gasteiger partial charge in [0.1, 0.15) is 12.4 Å². The molecule has 2 aromatic rings. The van der Waals surface area contributed by atoms with Crippen LogP contribution in [0.4, 0.5) is 0 Å². The maximum atomic E-state index is 11.9. The first-order valence-corrected chi connectivity index (χ1v) is 6.89. The largest absolute Gasteiger partial charge is 0.486 e. The van der Waals surface area contributed by atoms with Gasteiger partial charge in [-0.3, -0.25) is 9.48 Å². The summed E-state index contributed by atoms with van der Waals surface area (Å²) in [7, 11) is 0. The van der Waals surface area contributed by atoms with Crippen LogP contribution in [0.25, 0.3) is 0 Å². The summed E-state index contributed by atoms with van der Waals surface area (Å²) in [5.74, 6) is 0.664. The molecule has 0 N–H and O–H groups in total. The van der Waals surface area contributed by atoms with Crippen LogP contribution in [0, 0.1) is 6.92 Å². The van der Waals surface area contributed by atoms with Crippen molar-refractivity contribution in [2.75, 3.05) is 6.61 Å². The molecule has 0 unspecified atom stereocenters. The lowest BCUT2D eigenvalue weighted by Crippen LogP contribution is -2.16. The Morgan fingerprint density at radius 2 is 2.05 bits per heavy atom. The lowest BCUT2D eigenvalue weighted by atomic mass is 10.2. The van der Waals surface area contributed by atoms with Crippen molar-refractivity contribution in [1.82, 2.24) is 9.78 Å². The van der Waals surface area contributed by atoms with Crippen LogP contribution in [-0.4, -0.2) is 22.2 Å². The van der Waals surface area contributed by atoms with Gasteiger partial charge in [-0.25, -0.2) is 0 Å². The van der Waals surface area contributed by atoms with Gasteiger partial charge in [0.05, 0.1) is 12.1 Å². The molecule has 0 atom stereocenters. The van der Waals surface area contributed by atoms with Gasteiger partial charge in [-0.1, -0.05) is 11.6 Å². The van der Waals surface area contributed by atoms with E-state index in [1.165, 1.54) is 0 Å². The molecule has 0 radical (unpaired) electrons. The fourth-order valence-electron chi connectivity index (χ4n) is 1.96. The number of carbonyl (C=O) groups is 1. The molecule has 5 heteroatoms. The maximum absolute atomic E-state index is 11.9. The quantitative estimate of drug-likeness (QED) is 0.822. The summed E-state index contributed by atoms with van der Waals surface area (Å²) in [5.41, 5.74) is 1.85. The minimum absolute atomic E-state index is 0.0227. The molecule has 0 saturated heterocycles. The van der Waals surface area contributed by atoms with E-state index in [-0.39, 0.29) is 12.4 Å². The number of Topliss-reactive ketones (excluding diaryl/α,β-unsaturated/α-hetero) is 1. The highest BCUT2D eigenvalue weighted by atomic mass is 35.5. The molecule has 1 aromatic carbocycles. The van der Waals surface area contributed by atoms with Gasteiger partial charge in [-0.15, -0.1) is 0 Å². The minimum Gasteiger partial charge on any atom is -0.486 e. The third-order valence-electron chi connectivity index (χ3n) is 2.88. The van der Waals surface area contributed by atoms with E-state index in [2.05, 4.69) is 5.10 Å². The van der Waals surface area contributed by atoms with Gasteiger partial charge in [0.25, 0.3) is 0 Å². The molecule has 1 heterocycles. The van der Waals surface area contributed by atoms with Gasteiger partial charge in [0.15, 0.2) is 5.78 Å². The number of hydrogen-bond acceptors (Lipinski definition) is 3. The highest BCUT2D eigenvalue weighted by Crippen LogP contribution is 2.15. The number of benzene rings is 1. The topological polar surface area (TPSA) is 44.1 Å². The average molecular weight is 293 g/mol. The number of ketones is 1. The number of ether oxygens (including phenoxy) is 1. The van der Waals surface area contributed by atoms with E-state index in [1.807, 2.05) is 24.6 Å². The molecule has 20 heavy (non-hydrogen) atoms. The summed E-state index contributed by atoms with van der Waals surface area (Å²) in [6.07, 6.45) is 0.336. The van der Waals surface area contributed by atoms with Gasteiger partial charge < -0.3 is 4.74 Å². The zero-order valence-corrected chi connectivity index (χ0v) is 12.4. The molecule has 0 aliphatic carbocycles. The third kappa shape index (κ3) is 3.84. The van der Waals surface area contributed by atoms with E-state index < -0.39 is 0 Å². The summed E-state index contributed by atoms with van der Waals surface area (Å²) in [4.78, 5) is 11.9. The number of hydrogen-bond donors (Lipinski definition) is 0. The molecule has 0 saturated carbocycles. The fourth-order valence-corrected chi connectivity index (χ4v) is 2.09. The number of aromatic nitrogens is 2. The zero-order valence-electron chi connectivity index (χ0n) is 11.6. The van der Waals surface area contributed by atoms with Crippen molar-refractivity contribution in [3.05, 3.63) is 46.7 Å². The smallest absolute Gasteiger partial charge is 0.176 e.